The molecule has 3 aromatic rings. The Bertz CT molecular complexity index is 929. The summed E-state index contributed by atoms with van der Waals surface area (Å²) in [6, 6.07) is 5.96. The van der Waals surface area contributed by atoms with Crippen LogP contribution >= 0.6 is 0 Å². The normalized spacial score (nSPS) is 15.2. The van der Waals surface area contributed by atoms with E-state index in [1.807, 2.05) is 47.8 Å². The molecular formula is C20H23N7O. The number of amides is 1. The fourth-order valence-electron chi connectivity index (χ4n) is 3.35. The van der Waals surface area contributed by atoms with E-state index in [4.69, 9.17) is 0 Å². The van der Waals surface area contributed by atoms with Gasteiger partial charge >= 0.3 is 0 Å². The van der Waals surface area contributed by atoms with Gasteiger partial charge in [-0.25, -0.2) is 14.6 Å². The first-order chi connectivity index (χ1) is 13.6. The van der Waals surface area contributed by atoms with E-state index in [1.54, 1.807) is 18.6 Å². The maximum atomic E-state index is 12.7. The third-order valence-electron chi connectivity index (χ3n) is 5.00. The Kier molecular flexibility index (Phi) is 5.10. The summed E-state index contributed by atoms with van der Waals surface area (Å²) in [6.07, 6.45) is 8.61. The zero-order chi connectivity index (χ0) is 19.5. The molecule has 0 N–H and O–H groups in total. The van der Waals surface area contributed by atoms with Gasteiger partial charge in [0.2, 0.25) is 0 Å². The number of rotatable bonds is 4. The van der Waals surface area contributed by atoms with E-state index in [0.717, 1.165) is 30.1 Å². The Morgan fingerprint density at radius 3 is 2.46 bits per heavy atom. The Balaban J connectivity index is 1.38. The largest absolute Gasteiger partial charge is 0.338 e. The molecule has 0 bridgehead atoms. The fraction of sp³-hybridized carbons (Fsp3) is 0.400. The van der Waals surface area contributed by atoms with Crippen LogP contribution in [-0.4, -0.2) is 53.8 Å². The molecule has 4 rings (SSSR count). The summed E-state index contributed by atoms with van der Waals surface area (Å²) in [4.78, 5) is 27.5. The van der Waals surface area contributed by atoms with E-state index in [9.17, 15) is 4.79 Å². The molecule has 8 heteroatoms. The van der Waals surface area contributed by atoms with Crippen molar-refractivity contribution in [2.75, 3.05) is 13.1 Å². The van der Waals surface area contributed by atoms with Gasteiger partial charge in [0.1, 0.15) is 11.5 Å². The Morgan fingerprint density at radius 2 is 1.82 bits per heavy atom. The Labute approximate surface area is 163 Å². The fourth-order valence-corrected chi connectivity index (χ4v) is 3.35. The highest BCUT2D eigenvalue weighted by atomic mass is 16.2. The van der Waals surface area contributed by atoms with Gasteiger partial charge in [-0.15, -0.1) is 5.10 Å². The van der Waals surface area contributed by atoms with E-state index in [0.29, 0.717) is 18.7 Å². The number of aromatic nitrogens is 6. The molecule has 0 unspecified atom stereocenters. The minimum absolute atomic E-state index is 0.0125. The van der Waals surface area contributed by atoms with Crippen LogP contribution in [0.2, 0.25) is 0 Å². The van der Waals surface area contributed by atoms with E-state index in [2.05, 4.69) is 25.3 Å². The van der Waals surface area contributed by atoms with Crippen molar-refractivity contribution in [1.29, 1.82) is 0 Å². The summed E-state index contributed by atoms with van der Waals surface area (Å²) in [5, 5.41) is 8.51. The van der Waals surface area contributed by atoms with Gasteiger partial charge in [-0.2, -0.15) is 0 Å². The second-order valence-corrected chi connectivity index (χ2v) is 7.31. The second kappa shape index (κ2) is 7.84. The summed E-state index contributed by atoms with van der Waals surface area (Å²) in [6.45, 7) is 5.42. The number of pyridine rings is 1. The molecule has 144 valence electrons. The first-order valence-corrected chi connectivity index (χ1v) is 9.56. The number of piperidine rings is 1. The van der Waals surface area contributed by atoms with Gasteiger partial charge in [0.05, 0.1) is 23.5 Å². The van der Waals surface area contributed by atoms with Crippen LogP contribution in [0.15, 0.2) is 43.0 Å². The van der Waals surface area contributed by atoms with Gasteiger partial charge in [-0.3, -0.25) is 9.78 Å². The van der Waals surface area contributed by atoms with Crippen molar-refractivity contribution < 1.29 is 4.79 Å². The lowest BCUT2D eigenvalue weighted by Gasteiger charge is -2.31. The molecule has 0 spiro atoms. The molecule has 28 heavy (non-hydrogen) atoms. The lowest BCUT2D eigenvalue weighted by molar-refractivity contribution is 0.0688. The smallest absolute Gasteiger partial charge is 0.256 e. The van der Waals surface area contributed by atoms with Crippen LogP contribution in [0, 0.1) is 0 Å². The quantitative estimate of drug-likeness (QED) is 0.694. The van der Waals surface area contributed by atoms with Crippen LogP contribution in [0.5, 0.6) is 0 Å². The summed E-state index contributed by atoms with van der Waals surface area (Å²) in [7, 11) is 0. The molecule has 0 aliphatic carbocycles. The van der Waals surface area contributed by atoms with Crippen molar-refractivity contribution in [3.63, 3.8) is 0 Å². The monoisotopic (exact) mass is 377 g/mol. The summed E-state index contributed by atoms with van der Waals surface area (Å²) < 4.78 is 1.90. The third kappa shape index (κ3) is 3.76. The predicted octanol–water partition coefficient (Wildman–Crippen LogP) is 2.73. The lowest BCUT2D eigenvalue weighted by atomic mass is 10.0. The minimum atomic E-state index is -0.0125. The number of carbonyl (C=O) groups excluding carboxylic acids is 1. The SMILES string of the molecule is CC(C)c1ncc(C(=O)N2CCC(n3cc(-c4ccccn4)nn3)CC2)cn1. The highest BCUT2D eigenvalue weighted by molar-refractivity contribution is 5.93. The summed E-state index contributed by atoms with van der Waals surface area (Å²) in [5.41, 5.74) is 2.12. The maximum Gasteiger partial charge on any atom is 0.256 e. The highest BCUT2D eigenvalue weighted by Gasteiger charge is 2.26. The van der Waals surface area contributed by atoms with Crippen LogP contribution in [0.25, 0.3) is 11.4 Å². The second-order valence-electron chi connectivity index (χ2n) is 7.31. The number of carbonyl (C=O) groups is 1. The van der Waals surface area contributed by atoms with Gasteiger partial charge in [0.25, 0.3) is 5.91 Å². The third-order valence-corrected chi connectivity index (χ3v) is 5.00. The number of nitrogens with zero attached hydrogens (tertiary/aromatic N) is 7. The molecule has 4 heterocycles. The molecule has 0 saturated carbocycles. The van der Waals surface area contributed by atoms with E-state index >= 15 is 0 Å². The lowest BCUT2D eigenvalue weighted by Crippen LogP contribution is -2.39. The van der Waals surface area contributed by atoms with Crippen LogP contribution in [0.3, 0.4) is 0 Å². The molecule has 1 fully saturated rings. The Hall–Kier alpha value is -3.16. The number of hydrogen-bond donors (Lipinski definition) is 0. The minimum Gasteiger partial charge on any atom is -0.338 e. The first-order valence-electron chi connectivity index (χ1n) is 9.56. The molecule has 0 atom stereocenters. The number of likely N-dealkylation sites (tertiary alicyclic amines) is 1. The first kappa shape index (κ1) is 18.2. The van der Waals surface area contributed by atoms with Crippen molar-refractivity contribution in [2.45, 2.75) is 38.6 Å². The van der Waals surface area contributed by atoms with E-state index in [-0.39, 0.29) is 17.9 Å². The molecular weight excluding hydrogens is 354 g/mol. The number of hydrogen-bond acceptors (Lipinski definition) is 6. The van der Waals surface area contributed by atoms with Gasteiger partial charge in [-0.1, -0.05) is 25.1 Å². The molecule has 0 aromatic carbocycles. The molecule has 1 aliphatic rings. The van der Waals surface area contributed by atoms with Crippen molar-refractivity contribution >= 4 is 5.91 Å². The van der Waals surface area contributed by atoms with Gasteiger partial charge in [0.15, 0.2) is 0 Å². The average molecular weight is 377 g/mol. The molecule has 3 aromatic heterocycles. The van der Waals surface area contributed by atoms with E-state index < -0.39 is 0 Å². The average Bonchev–Trinajstić information content (AvgIpc) is 3.24. The van der Waals surface area contributed by atoms with Crippen LogP contribution in [0.1, 0.15) is 54.8 Å². The molecule has 1 saturated heterocycles. The van der Waals surface area contributed by atoms with Gasteiger partial charge in [-0.05, 0) is 25.0 Å². The Morgan fingerprint density at radius 1 is 1.07 bits per heavy atom. The molecule has 1 amide bonds. The van der Waals surface area contributed by atoms with Crippen molar-refractivity contribution in [3.05, 3.63) is 54.4 Å². The van der Waals surface area contributed by atoms with Crippen LogP contribution in [-0.2, 0) is 0 Å². The molecule has 0 radical (unpaired) electrons. The zero-order valence-corrected chi connectivity index (χ0v) is 16.1. The zero-order valence-electron chi connectivity index (χ0n) is 16.1. The van der Waals surface area contributed by atoms with Gasteiger partial charge in [0, 0.05) is 37.6 Å². The highest BCUT2D eigenvalue weighted by Crippen LogP contribution is 2.24. The van der Waals surface area contributed by atoms with Crippen molar-refractivity contribution in [1.82, 2.24) is 34.8 Å². The molecule has 8 nitrogen and oxygen atoms in total. The standard InChI is InChI=1S/C20H23N7O/c1-14(2)19-22-11-15(12-23-19)20(28)26-9-6-16(7-10-26)27-13-18(24-25-27)17-5-3-4-8-21-17/h3-5,8,11-14,16H,6-7,9-10H2,1-2H3. The van der Waals surface area contributed by atoms with Crippen LogP contribution < -0.4 is 0 Å². The van der Waals surface area contributed by atoms with Crippen molar-refractivity contribution in [2.24, 2.45) is 0 Å². The summed E-state index contributed by atoms with van der Waals surface area (Å²) in [5.74, 6) is 0.991. The van der Waals surface area contributed by atoms with Crippen molar-refractivity contribution in [3.8, 4) is 11.4 Å². The predicted molar refractivity (Wildman–Crippen MR) is 104 cm³/mol. The molecule has 1 aliphatic heterocycles. The topological polar surface area (TPSA) is 89.7 Å². The van der Waals surface area contributed by atoms with Gasteiger partial charge < -0.3 is 4.90 Å². The summed E-state index contributed by atoms with van der Waals surface area (Å²) >= 11 is 0. The van der Waals surface area contributed by atoms with Crippen LogP contribution in [0.4, 0.5) is 0 Å². The maximum absolute atomic E-state index is 12.7. The van der Waals surface area contributed by atoms with E-state index in [1.165, 1.54) is 0 Å².